The Balaban J connectivity index is 1.38. The minimum atomic E-state index is -4.56. The molecular formula is C37H36ClF5N6O3. The van der Waals surface area contributed by atoms with E-state index < -0.39 is 60.0 Å². The topological polar surface area (TPSA) is 116 Å². The second-order valence-corrected chi connectivity index (χ2v) is 14.8. The van der Waals surface area contributed by atoms with Gasteiger partial charge in [-0.05, 0) is 65.6 Å². The lowest BCUT2D eigenvalue weighted by Gasteiger charge is -2.35. The van der Waals surface area contributed by atoms with Crippen molar-refractivity contribution in [2.75, 3.05) is 6.61 Å². The third-order valence-electron chi connectivity index (χ3n) is 9.38. The molecule has 1 saturated carbocycles. The van der Waals surface area contributed by atoms with Crippen LogP contribution >= 0.6 is 11.6 Å². The molecule has 1 aliphatic carbocycles. The second-order valence-electron chi connectivity index (χ2n) is 14.4. The number of hydrogen-bond donors (Lipinski definition) is 1. The van der Waals surface area contributed by atoms with Gasteiger partial charge in [0.1, 0.15) is 6.61 Å². The van der Waals surface area contributed by atoms with E-state index >= 15 is 0 Å². The molecule has 6 rings (SSSR count). The fourth-order valence-electron chi connectivity index (χ4n) is 6.61. The number of benzene rings is 2. The van der Waals surface area contributed by atoms with E-state index in [0.29, 0.717) is 43.2 Å². The van der Waals surface area contributed by atoms with E-state index in [1.807, 2.05) is 20.8 Å². The summed E-state index contributed by atoms with van der Waals surface area (Å²) in [6.45, 7) is 2.44. The molecule has 0 spiro atoms. The first-order valence-corrected chi connectivity index (χ1v) is 16.9. The number of rotatable bonds is 11. The van der Waals surface area contributed by atoms with Gasteiger partial charge in [-0.2, -0.15) is 27.1 Å². The first-order valence-electron chi connectivity index (χ1n) is 16.5. The molecule has 1 aliphatic heterocycles. The Kier molecular flexibility index (Phi) is 9.66. The average Bonchev–Trinajstić information content (AvgIpc) is 3.62. The summed E-state index contributed by atoms with van der Waals surface area (Å²) in [5.41, 5.74) is 5.31. The molecule has 1 amide bonds. The van der Waals surface area contributed by atoms with Gasteiger partial charge in [-0.1, -0.05) is 68.8 Å². The minimum absolute atomic E-state index is 0.174. The van der Waals surface area contributed by atoms with E-state index in [4.69, 9.17) is 27.1 Å². The smallest absolute Gasteiger partial charge is 0.395 e. The lowest BCUT2D eigenvalue weighted by atomic mass is 9.75. The third kappa shape index (κ3) is 7.25. The van der Waals surface area contributed by atoms with Crippen LogP contribution in [0.2, 0.25) is 5.02 Å². The number of alkyl halides is 5. The van der Waals surface area contributed by atoms with Crippen molar-refractivity contribution in [3.63, 3.8) is 0 Å². The van der Waals surface area contributed by atoms with E-state index in [1.54, 1.807) is 66.9 Å². The van der Waals surface area contributed by atoms with Gasteiger partial charge >= 0.3 is 18.7 Å². The summed E-state index contributed by atoms with van der Waals surface area (Å²) in [4.78, 5) is 38.2. The number of guanidine groups is 1. The second kappa shape index (κ2) is 13.6. The average molecular weight is 743 g/mol. The highest BCUT2D eigenvalue weighted by atomic mass is 35.5. The Morgan fingerprint density at radius 1 is 1.04 bits per heavy atom. The zero-order valence-corrected chi connectivity index (χ0v) is 29.3. The summed E-state index contributed by atoms with van der Waals surface area (Å²) in [5, 5.41) is 4.04. The Labute approximate surface area is 301 Å². The summed E-state index contributed by atoms with van der Waals surface area (Å²) >= 11 is 6.57. The maximum Gasteiger partial charge on any atom is 0.395 e. The third-order valence-corrected chi connectivity index (χ3v) is 9.71. The molecule has 2 aromatic carbocycles. The number of carbonyl (C=O) groups excluding carboxylic acids is 2. The fraction of sp³-hybridized carbons (Fsp3) is 0.378. The van der Waals surface area contributed by atoms with Gasteiger partial charge in [0.15, 0.2) is 11.5 Å². The molecule has 2 N–H and O–H groups in total. The normalized spacial score (nSPS) is 19.2. The molecule has 0 bridgehead atoms. The molecule has 4 aromatic rings. The van der Waals surface area contributed by atoms with E-state index in [9.17, 15) is 31.5 Å². The van der Waals surface area contributed by atoms with Crippen molar-refractivity contribution in [3.05, 3.63) is 95.4 Å². The molecule has 9 nitrogen and oxygen atoms in total. The van der Waals surface area contributed by atoms with Gasteiger partial charge in [0.25, 0.3) is 5.91 Å². The SMILES string of the molecule is CC(C)(C)C[C@]1(c2ccc(-c3cnn(C(F)F)c3)cc2)N=C(N)N([C@H](COC(=O)CC2(C(F)(F)F)CC2)c2ccc(Cl)c(-c3ccccn3)c2)C1=O. The zero-order valence-electron chi connectivity index (χ0n) is 28.5. The molecule has 0 saturated heterocycles. The van der Waals surface area contributed by atoms with Crippen molar-refractivity contribution in [2.45, 2.75) is 70.8 Å². The maximum atomic E-state index is 14.9. The number of amides is 1. The highest BCUT2D eigenvalue weighted by Gasteiger charge is 2.64. The summed E-state index contributed by atoms with van der Waals surface area (Å²) in [6, 6.07) is 15.7. The van der Waals surface area contributed by atoms with Gasteiger partial charge in [-0.15, -0.1) is 0 Å². The summed E-state index contributed by atoms with van der Waals surface area (Å²) in [5.74, 6) is -1.81. The van der Waals surface area contributed by atoms with Crippen molar-refractivity contribution < 1.29 is 36.3 Å². The van der Waals surface area contributed by atoms with E-state index in [-0.39, 0.29) is 25.2 Å². The molecule has 0 unspecified atom stereocenters. The highest BCUT2D eigenvalue weighted by molar-refractivity contribution is 6.33. The van der Waals surface area contributed by atoms with Crippen LogP contribution in [-0.2, 0) is 19.9 Å². The van der Waals surface area contributed by atoms with Gasteiger partial charge in [0.2, 0.25) is 0 Å². The Bertz CT molecular complexity index is 1990. The molecule has 2 atom stereocenters. The van der Waals surface area contributed by atoms with Crippen LogP contribution in [0, 0.1) is 10.8 Å². The lowest BCUT2D eigenvalue weighted by molar-refractivity contribution is -0.195. The number of pyridine rings is 1. The number of carbonyl (C=O) groups is 2. The largest absolute Gasteiger partial charge is 0.463 e. The molecule has 0 radical (unpaired) electrons. The van der Waals surface area contributed by atoms with Crippen molar-refractivity contribution in [1.82, 2.24) is 19.7 Å². The van der Waals surface area contributed by atoms with Gasteiger partial charge in [-0.25, -0.2) is 9.67 Å². The first kappa shape index (κ1) is 36.9. The van der Waals surface area contributed by atoms with Crippen LogP contribution in [0.25, 0.3) is 22.4 Å². The molecule has 1 fully saturated rings. The summed E-state index contributed by atoms with van der Waals surface area (Å²) in [7, 11) is 0. The molecular weight excluding hydrogens is 707 g/mol. The molecule has 2 aliphatic rings. The number of nitrogens with two attached hydrogens (primary N) is 1. The first-order chi connectivity index (χ1) is 24.4. The van der Waals surface area contributed by atoms with Crippen LogP contribution in [0.1, 0.15) is 70.2 Å². The number of hydrogen-bond acceptors (Lipinski definition) is 7. The lowest BCUT2D eigenvalue weighted by Crippen LogP contribution is -2.47. The molecule has 2 aromatic heterocycles. The zero-order chi connectivity index (χ0) is 37.6. The van der Waals surface area contributed by atoms with E-state index in [0.717, 1.165) is 0 Å². The predicted molar refractivity (Wildman–Crippen MR) is 184 cm³/mol. The van der Waals surface area contributed by atoms with Crippen LogP contribution in [0.4, 0.5) is 22.0 Å². The number of halogens is 6. The predicted octanol–water partition coefficient (Wildman–Crippen LogP) is 8.47. The van der Waals surface area contributed by atoms with E-state index in [2.05, 4.69) is 10.1 Å². The number of aromatic nitrogens is 3. The van der Waals surface area contributed by atoms with Crippen LogP contribution in [0.15, 0.2) is 84.2 Å². The highest BCUT2D eigenvalue weighted by Crippen LogP contribution is 2.60. The summed E-state index contributed by atoms with van der Waals surface area (Å²) in [6.07, 6.45) is -1.48. The van der Waals surface area contributed by atoms with Crippen LogP contribution in [0.5, 0.6) is 0 Å². The van der Waals surface area contributed by atoms with Gasteiger partial charge < -0.3 is 10.5 Å². The molecule has 274 valence electrons. The number of ether oxygens (including phenoxy) is 1. The van der Waals surface area contributed by atoms with Crippen LogP contribution in [-0.4, -0.2) is 50.3 Å². The Hall–Kier alpha value is -4.85. The number of esters is 1. The minimum Gasteiger partial charge on any atom is -0.463 e. The standard InChI is InChI=1S/C37H36ClF5N6O3/c1-34(2,3)21-36(25-10-7-22(8-11-25)24-18-46-48(19-24)32(39)40)31(51)49(33(44)47-36)29(20-52-30(50)17-35(13-14-35)37(41,42)43)23-9-12-27(38)26(16-23)28-6-4-5-15-45-28/h4-12,15-16,18-19,29,32H,13-14,17,20-21H2,1-3H3,(H2,44,47)/t29-,36-/m1/s1. The number of aliphatic imine (C=N–C) groups is 1. The Morgan fingerprint density at radius 2 is 1.75 bits per heavy atom. The van der Waals surface area contributed by atoms with E-state index in [1.165, 1.54) is 17.3 Å². The molecule has 52 heavy (non-hydrogen) atoms. The van der Waals surface area contributed by atoms with Crippen LogP contribution in [0.3, 0.4) is 0 Å². The van der Waals surface area contributed by atoms with Crippen molar-refractivity contribution in [1.29, 1.82) is 0 Å². The van der Waals surface area contributed by atoms with Crippen molar-refractivity contribution in [2.24, 2.45) is 21.6 Å². The molecule has 15 heteroatoms. The molecule has 3 heterocycles. The van der Waals surface area contributed by atoms with Gasteiger partial charge in [0.05, 0.1) is 29.8 Å². The van der Waals surface area contributed by atoms with Crippen LogP contribution < -0.4 is 5.73 Å². The van der Waals surface area contributed by atoms with Gasteiger partial charge in [-0.3, -0.25) is 19.5 Å². The summed E-state index contributed by atoms with van der Waals surface area (Å²) < 4.78 is 73.5. The quantitative estimate of drug-likeness (QED) is 0.122. The fourth-order valence-corrected chi connectivity index (χ4v) is 6.82. The maximum absolute atomic E-state index is 14.9. The van der Waals surface area contributed by atoms with Gasteiger partial charge in [0, 0.05) is 28.5 Å². The number of nitrogens with zero attached hydrogens (tertiary/aromatic N) is 5. The van der Waals surface area contributed by atoms with Crippen molar-refractivity contribution >= 4 is 29.4 Å². The van der Waals surface area contributed by atoms with Crippen molar-refractivity contribution in [3.8, 4) is 22.4 Å². The Morgan fingerprint density at radius 3 is 2.33 bits per heavy atom. The monoisotopic (exact) mass is 742 g/mol.